The normalized spacial score (nSPS) is 17.3. The number of hydrogen-bond acceptors (Lipinski definition) is 5. The van der Waals surface area contributed by atoms with E-state index in [9.17, 15) is 9.59 Å². The fourth-order valence-corrected chi connectivity index (χ4v) is 3.76. The highest BCUT2D eigenvalue weighted by Gasteiger charge is 2.27. The highest BCUT2D eigenvalue weighted by molar-refractivity contribution is 5.94. The fraction of sp³-hybridized carbons (Fsp3) is 0.409. The topological polar surface area (TPSA) is 92.8 Å². The number of ether oxygens (including phenoxy) is 2. The van der Waals surface area contributed by atoms with Crippen LogP contribution in [-0.4, -0.2) is 47.7 Å². The predicted octanol–water partition coefficient (Wildman–Crippen LogP) is 3.05. The molecule has 0 bridgehead atoms. The van der Waals surface area contributed by atoms with Crippen molar-refractivity contribution in [3.63, 3.8) is 0 Å². The van der Waals surface area contributed by atoms with Gasteiger partial charge in [0.05, 0.1) is 5.56 Å². The van der Waals surface area contributed by atoms with Crippen molar-refractivity contribution in [2.45, 2.75) is 32.7 Å². The monoisotopic (exact) mass is 410 g/mol. The van der Waals surface area contributed by atoms with Crippen LogP contribution in [0.25, 0.3) is 0 Å². The molecule has 1 unspecified atom stereocenters. The van der Waals surface area contributed by atoms with Crippen molar-refractivity contribution in [2.24, 2.45) is 5.92 Å². The summed E-state index contributed by atoms with van der Waals surface area (Å²) in [6, 6.07) is 7.21. The van der Waals surface area contributed by atoms with Gasteiger partial charge in [0, 0.05) is 43.3 Å². The summed E-state index contributed by atoms with van der Waals surface area (Å²) < 4.78 is 10.7. The molecule has 8 nitrogen and oxygen atoms in total. The van der Waals surface area contributed by atoms with E-state index in [2.05, 4.69) is 15.6 Å². The van der Waals surface area contributed by atoms with Crippen LogP contribution in [0.3, 0.4) is 0 Å². The Labute approximate surface area is 175 Å². The zero-order valence-electron chi connectivity index (χ0n) is 17.2. The Hall–Kier alpha value is -3.29. The number of benzene rings is 1. The summed E-state index contributed by atoms with van der Waals surface area (Å²) in [4.78, 5) is 30.9. The second kappa shape index (κ2) is 8.61. The van der Waals surface area contributed by atoms with Crippen molar-refractivity contribution in [3.05, 3.63) is 47.8 Å². The van der Waals surface area contributed by atoms with Crippen molar-refractivity contribution in [3.8, 4) is 11.5 Å². The molecule has 2 aromatic rings. The smallest absolute Gasteiger partial charge is 0.321 e. The molecular formula is C22H26N4O4. The van der Waals surface area contributed by atoms with Gasteiger partial charge in [-0.2, -0.15) is 0 Å². The van der Waals surface area contributed by atoms with Crippen LogP contribution in [0.4, 0.5) is 10.5 Å². The van der Waals surface area contributed by atoms with E-state index in [-0.39, 0.29) is 24.8 Å². The van der Waals surface area contributed by atoms with Crippen LogP contribution in [0.2, 0.25) is 0 Å². The predicted molar refractivity (Wildman–Crippen MR) is 112 cm³/mol. The maximum absolute atomic E-state index is 12.6. The summed E-state index contributed by atoms with van der Waals surface area (Å²) in [5.41, 5.74) is 2.26. The Morgan fingerprint density at radius 3 is 2.87 bits per heavy atom. The number of likely N-dealkylation sites (tertiary alicyclic amines) is 1. The van der Waals surface area contributed by atoms with Gasteiger partial charge < -0.3 is 25.0 Å². The van der Waals surface area contributed by atoms with Crippen LogP contribution in [0.15, 0.2) is 36.7 Å². The molecule has 8 heteroatoms. The lowest BCUT2D eigenvalue weighted by Gasteiger charge is -2.18. The fourth-order valence-electron chi connectivity index (χ4n) is 3.76. The van der Waals surface area contributed by atoms with Crippen LogP contribution in [-0.2, 0) is 6.42 Å². The minimum absolute atomic E-state index is 0.0767. The molecule has 1 atom stereocenters. The number of aromatic nitrogens is 1. The van der Waals surface area contributed by atoms with Gasteiger partial charge in [-0.25, -0.2) is 4.79 Å². The number of nitrogens with zero attached hydrogens (tertiary/aromatic N) is 2. The van der Waals surface area contributed by atoms with Gasteiger partial charge in [0.25, 0.3) is 5.91 Å². The van der Waals surface area contributed by atoms with Crippen molar-refractivity contribution >= 4 is 17.6 Å². The van der Waals surface area contributed by atoms with Gasteiger partial charge in [-0.05, 0) is 56.4 Å². The average molecular weight is 410 g/mol. The zero-order chi connectivity index (χ0) is 21.1. The van der Waals surface area contributed by atoms with E-state index < -0.39 is 0 Å². The maximum atomic E-state index is 12.6. The number of pyridine rings is 1. The number of carbonyl (C=O) groups excluding carboxylic acids is 2. The number of amides is 3. The summed E-state index contributed by atoms with van der Waals surface area (Å²) in [7, 11) is 0. The zero-order valence-corrected chi connectivity index (χ0v) is 17.2. The minimum atomic E-state index is -0.125. The van der Waals surface area contributed by atoms with Crippen molar-refractivity contribution in [1.82, 2.24) is 15.2 Å². The van der Waals surface area contributed by atoms with Gasteiger partial charge in [0.2, 0.25) is 6.79 Å². The number of carbonyl (C=O) groups is 2. The van der Waals surface area contributed by atoms with E-state index in [0.717, 1.165) is 18.4 Å². The van der Waals surface area contributed by atoms with E-state index >= 15 is 0 Å². The van der Waals surface area contributed by atoms with Crippen LogP contribution in [0, 0.1) is 5.92 Å². The first-order chi connectivity index (χ1) is 14.5. The van der Waals surface area contributed by atoms with E-state index in [4.69, 9.17) is 9.47 Å². The number of urea groups is 1. The molecule has 1 aromatic carbocycles. The second-order valence-electron chi connectivity index (χ2n) is 8.01. The Morgan fingerprint density at radius 2 is 2.03 bits per heavy atom. The Bertz CT molecular complexity index is 946. The van der Waals surface area contributed by atoms with Gasteiger partial charge in [-0.1, -0.05) is 0 Å². The first-order valence-electron chi connectivity index (χ1n) is 10.2. The van der Waals surface area contributed by atoms with Crippen LogP contribution < -0.4 is 20.1 Å². The molecular weight excluding hydrogens is 384 g/mol. The molecule has 3 amide bonds. The molecule has 4 rings (SSSR count). The first kappa shape index (κ1) is 20.0. The van der Waals surface area contributed by atoms with E-state index in [1.807, 2.05) is 24.8 Å². The number of anilines is 1. The molecule has 2 aliphatic heterocycles. The summed E-state index contributed by atoms with van der Waals surface area (Å²) in [6.07, 6.45) is 5.07. The lowest BCUT2D eigenvalue weighted by molar-refractivity contribution is 0.0942. The van der Waals surface area contributed by atoms with Crippen LogP contribution in [0.5, 0.6) is 11.5 Å². The summed E-state index contributed by atoms with van der Waals surface area (Å²) in [5.74, 6) is 1.54. The van der Waals surface area contributed by atoms with Gasteiger partial charge in [-0.3, -0.25) is 9.78 Å². The van der Waals surface area contributed by atoms with Crippen molar-refractivity contribution < 1.29 is 19.1 Å². The molecule has 1 saturated heterocycles. The van der Waals surface area contributed by atoms with Gasteiger partial charge in [0.15, 0.2) is 11.5 Å². The van der Waals surface area contributed by atoms with Crippen LogP contribution >= 0.6 is 0 Å². The Balaban J connectivity index is 1.32. The molecule has 2 N–H and O–H groups in total. The number of fused-ring (bicyclic) bond motifs is 1. The number of rotatable bonds is 5. The molecule has 2 aliphatic rings. The molecule has 3 heterocycles. The molecule has 0 aliphatic carbocycles. The third kappa shape index (κ3) is 4.64. The average Bonchev–Trinajstić information content (AvgIpc) is 3.36. The highest BCUT2D eigenvalue weighted by Crippen LogP contribution is 2.34. The van der Waals surface area contributed by atoms with Crippen LogP contribution in [0.1, 0.15) is 36.2 Å². The molecule has 158 valence electrons. The summed E-state index contributed by atoms with van der Waals surface area (Å²) in [6.45, 7) is 5.42. The maximum Gasteiger partial charge on any atom is 0.321 e. The Kier molecular flexibility index (Phi) is 5.74. The molecule has 0 spiro atoms. The van der Waals surface area contributed by atoms with Gasteiger partial charge in [0.1, 0.15) is 0 Å². The molecule has 30 heavy (non-hydrogen) atoms. The SMILES string of the molecule is CC(C)NC(=O)c1cncc(CC2CCN(C(=O)Nc3ccc4c(c3)OCO4)C2)c1. The van der Waals surface area contributed by atoms with Crippen molar-refractivity contribution in [1.29, 1.82) is 0 Å². The lowest BCUT2D eigenvalue weighted by atomic mass is 9.99. The number of nitrogens with one attached hydrogen (secondary N) is 2. The van der Waals surface area contributed by atoms with E-state index in [0.29, 0.717) is 41.8 Å². The van der Waals surface area contributed by atoms with E-state index in [1.165, 1.54) is 0 Å². The highest BCUT2D eigenvalue weighted by atomic mass is 16.7. The van der Waals surface area contributed by atoms with E-state index in [1.54, 1.807) is 30.6 Å². The standard InChI is InChI=1S/C22H26N4O4/c1-14(2)24-21(27)17-8-16(10-23-11-17)7-15-5-6-26(12-15)22(28)25-18-3-4-19-20(9-18)30-13-29-19/h3-4,8-11,14-15H,5-7,12-13H2,1-2H3,(H,24,27)(H,25,28). The quantitative estimate of drug-likeness (QED) is 0.790. The molecule has 0 radical (unpaired) electrons. The van der Waals surface area contributed by atoms with Gasteiger partial charge in [-0.15, -0.1) is 0 Å². The second-order valence-corrected chi connectivity index (χ2v) is 8.01. The third-order valence-electron chi connectivity index (χ3n) is 5.20. The third-order valence-corrected chi connectivity index (χ3v) is 5.20. The molecule has 0 saturated carbocycles. The van der Waals surface area contributed by atoms with Gasteiger partial charge >= 0.3 is 6.03 Å². The largest absolute Gasteiger partial charge is 0.454 e. The minimum Gasteiger partial charge on any atom is -0.454 e. The molecule has 1 aromatic heterocycles. The summed E-state index contributed by atoms with van der Waals surface area (Å²) >= 11 is 0. The summed E-state index contributed by atoms with van der Waals surface area (Å²) in [5, 5.41) is 5.81. The molecule has 1 fully saturated rings. The first-order valence-corrected chi connectivity index (χ1v) is 10.2. The number of hydrogen-bond donors (Lipinski definition) is 2. The lowest BCUT2D eigenvalue weighted by Crippen LogP contribution is -2.33. The Morgan fingerprint density at radius 1 is 1.20 bits per heavy atom. The van der Waals surface area contributed by atoms with Crippen molar-refractivity contribution in [2.75, 3.05) is 25.2 Å².